The number of carbonyl (C=O) groups is 1. The summed E-state index contributed by atoms with van der Waals surface area (Å²) in [6.45, 7) is 11.7. The Morgan fingerprint density at radius 1 is 1.07 bits per heavy atom. The van der Waals surface area contributed by atoms with Gasteiger partial charge in [0, 0.05) is 67.2 Å². The molecular weight excluding hydrogens is 532 g/mol. The van der Waals surface area contributed by atoms with Gasteiger partial charge < -0.3 is 34.2 Å². The van der Waals surface area contributed by atoms with Crippen molar-refractivity contribution < 1.29 is 23.8 Å². The maximum absolute atomic E-state index is 12.8. The molecule has 1 amide bonds. The molecule has 2 saturated heterocycles. The molecule has 2 aliphatic heterocycles. The van der Waals surface area contributed by atoms with E-state index in [9.17, 15) is 9.90 Å². The first kappa shape index (κ1) is 28.6. The van der Waals surface area contributed by atoms with E-state index in [1.165, 1.54) is 11.1 Å². The van der Waals surface area contributed by atoms with Crippen molar-refractivity contribution in [3.8, 4) is 11.6 Å². The molecular formula is C33H42N4O5. The Morgan fingerprint density at radius 2 is 1.83 bits per heavy atom. The van der Waals surface area contributed by atoms with Gasteiger partial charge in [-0.05, 0) is 81.8 Å². The van der Waals surface area contributed by atoms with Gasteiger partial charge in [-0.2, -0.15) is 0 Å². The van der Waals surface area contributed by atoms with Gasteiger partial charge in [0.25, 0.3) is 0 Å². The Hall–Kier alpha value is -3.53. The number of hydrogen-bond donors (Lipinski definition) is 3. The number of rotatable bonds is 8. The Bertz CT molecular complexity index is 1530. The van der Waals surface area contributed by atoms with E-state index in [2.05, 4.69) is 53.0 Å². The third-order valence-corrected chi connectivity index (χ3v) is 9.01. The predicted molar refractivity (Wildman–Crippen MR) is 163 cm³/mol. The zero-order valence-corrected chi connectivity index (χ0v) is 24.8. The van der Waals surface area contributed by atoms with Gasteiger partial charge in [0.2, 0.25) is 5.88 Å². The third kappa shape index (κ3) is 6.43. The van der Waals surface area contributed by atoms with Gasteiger partial charge in [0.05, 0.1) is 17.9 Å². The predicted octanol–water partition coefficient (Wildman–Crippen LogP) is 5.51. The second kappa shape index (κ2) is 12.4. The number of aryl methyl sites for hydroxylation is 2. The molecule has 1 atom stereocenters. The number of aliphatic hydroxyl groups is 1. The van der Waals surface area contributed by atoms with Gasteiger partial charge in [-0.1, -0.05) is 6.07 Å². The fourth-order valence-electron chi connectivity index (χ4n) is 6.26. The number of carbonyl (C=O) groups excluding carboxylic acids is 1. The number of aliphatic hydroxyl groups excluding tert-OH is 1. The molecule has 4 heterocycles. The second-order valence-corrected chi connectivity index (χ2v) is 12.1. The van der Waals surface area contributed by atoms with E-state index in [0.29, 0.717) is 24.3 Å². The molecule has 6 rings (SSSR count). The van der Waals surface area contributed by atoms with Crippen LogP contribution in [0, 0.1) is 13.8 Å². The van der Waals surface area contributed by atoms with Gasteiger partial charge in [-0.3, -0.25) is 4.90 Å². The maximum Gasteiger partial charge on any atom is 0.414 e. The molecule has 2 fully saturated rings. The largest absolute Gasteiger partial charge is 0.488 e. The van der Waals surface area contributed by atoms with Crippen molar-refractivity contribution in [2.24, 2.45) is 0 Å². The molecule has 2 aliphatic rings. The summed E-state index contributed by atoms with van der Waals surface area (Å²) >= 11 is 0. The van der Waals surface area contributed by atoms with Crippen molar-refractivity contribution in [2.75, 3.05) is 32.7 Å². The summed E-state index contributed by atoms with van der Waals surface area (Å²) in [6, 6.07) is 12.3. The number of nitrogens with one attached hydrogen (secondary N) is 2. The fraction of sp³-hybridized carbons (Fsp3) is 0.485. The van der Waals surface area contributed by atoms with E-state index in [1.807, 2.05) is 24.3 Å². The summed E-state index contributed by atoms with van der Waals surface area (Å²) < 4.78 is 17.6. The van der Waals surface area contributed by atoms with Gasteiger partial charge >= 0.3 is 6.09 Å². The summed E-state index contributed by atoms with van der Waals surface area (Å²) in [6.07, 6.45) is 4.69. The number of aromatic nitrogens is 1. The smallest absolute Gasteiger partial charge is 0.414 e. The Kier molecular flexibility index (Phi) is 8.42. The van der Waals surface area contributed by atoms with Crippen molar-refractivity contribution in [1.82, 2.24) is 20.1 Å². The van der Waals surface area contributed by atoms with Gasteiger partial charge in [0.15, 0.2) is 0 Å². The van der Waals surface area contributed by atoms with Crippen molar-refractivity contribution in [3.63, 3.8) is 0 Å². The van der Waals surface area contributed by atoms with Gasteiger partial charge in [0.1, 0.15) is 17.9 Å². The van der Waals surface area contributed by atoms with Gasteiger partial charge in [-0.25, -0.2) is 4.79 Å². The number of piperidine rings is 2. The number of aromatic amines is 1. The topological polar surface area (TPSA) is 103 Å². The molecule has 4 aromatic rings. The molecule has 0 radical (unpaired) electrons. The minimum absolute atomic E-state index is 0.0923. The van der Waals surface area contributed by atoms with E-state index in [0.717, 1.165) is 85.8 Å². The molecule has 2 aromatic heterocycles. The Labute approximate surface area is 246 Å². The number of amides is 1. The van der Waals surface area contributed by atoms with Crippen LogP contribution in [0.2, 0.25) is 0 Å². The summed E-state index contributed by atoms with van der Waals surface area (Å²) in [5.41, 5.74) is 5.10. The molecule has 0 unspecified atom stereocenters. The van der Waals surface area contributed by atoms with Crippen LogP contribution in [-0.4, -0.2) is 76.9 Å². The average Bonchev–Trinajstić information content (AvgIpc) is 3.56. The molecule has 0 aliphatic carbocycles. The molecule has 0 spiro atoms. The number of benzene rings is 2. The highest BCUT2D eigenvalue weighted by atomic mass is 16.6. The monoisotopic (exact) mass is 574 g/mol. The molecule has 0 saturated carbocycles. The average molecular weight is 575 g/mol. The highest BCUT2D eigenvalue weighted by Crippen LogP contribution is 2.31. The SMILES string of the molecule is Cc1cc2occ(COc3cccc4[nH]c(OC(=O)NC5CCN(C[C@H](C)N6CCC(O)CC6)CC5)cc34)c2cc1C. The number of hydrogen-bond acceptors (Lipinski definition) is 7. The zero-order valence-electron chi connectivity index (χ0n) is 24.8. The highest BCUT2D eigenvalue weighted by molar-refractivity contribution is 5.88. The Balaban J connectivity index is 1.00. The first-order valence-electron chi connectivity index (χ1n) is 15.2. The number of fused-ring (bicyclic) bond motifs is 2. The van der Waals surface area contributed by atoms with Crippen LogP contribution in [0.5, 0.6) is 11.6 Å². The van der Waals surface area contributed by atoms with Crippen molar-refractivity contribution >= 4 is 28.0 Å². The van der Waals surface area contributed by atoms with E-state index in [4.69, 9.17) is 13.9 Å². The van der Waals surface area contributed by atoms with Crippen LogP contribution in [0.3, 0.4) is 0 Å². The first-order valence-corrected chi connectivity index (χ1v) is 15.2. The van der Waals surface area contributed by atoms with Crippen molar-refractivity contribution in [2.45, 2.75) is 71.2 Å². The summed E-state index contributed by atoms with van der Waals surface area (Å²) in [5.74, 6) is 1.09. The number of ether oxygens (including phenoxy) is 2. The van der Waals surface area contributed by atoms with E-state index >= 15 is 0 Å². The van der Waals surface area contributed by atoms with Crippen molar-refractivity contribution in [3.05, 3.63) is 59.4 Å². The lowest BCUT2D eigenvalue weighted by atomic mass is 10.0. The van der Waals surface area contributed by atoms with Crippen LogP contribution < -0.4 is 14.8 Å². The van der Waals surface area contributed by atoms with Crippen molar-refractivity contribution in [1.29, 1.82) is 0 Å². The summed E-state index contributed by atoms with van der Waals surface area (Å²) in [5, 5.41) is 14.7. The van der Waals surface area contributed by atoms with Crippen LogP contribution in [-0.2, 0) is 6.61 Å². The van der Waals surface area contributed by atoms with E-state index < -0.39 is 6.09 Å². The molecule has 0 bridgehead atoms. The van der Waals surface area contributed by atoms with E-state index in [1.54, 1.807) is 6.26 Å². The van der Waals surface area contributed by atoms with Crippen LogP contribution in [0.15, 0.2) is 47.1 Å². The number of H-pyrrole nitrogens is 1. The van der Waals surface area contributed by atoms with Crippen LogP contribution >= 0.6 is 0 Å². The lowest BCUT2D eigenvalue weighted by molar-refractivity contribution is 0.0501. The molecule has 9 nitrogen and oxygen atoms in total. The molecule has 9 heteroatoms. The quantitative estimate of drug-likeness (QED) is 0.255. The molecule has 42 heavy (non-hydrogen) atoms. The zero-order chi connectivity index (χ0) is 29.2. The first-order chi connectivity index (χ1) is 20.3. The third-order valence-electron chi connectivity index (χ3n) is 9.01. The van der Waals surface area contributed by atoms with Gasteiger partial charge in [-0.15, -0.1) is 0 Å². The van der Waals surface area contributed by atoms with E-state index in [-0.39, 0.29) is 12.1 Å². The number of nitrogens with zero attached hydrogens (tertiary/aromatic N) is 2. The highest BCUT2D eigenvalue weighted by Gasteiger charge is 2.26. The Morgan fingerprint density at radius 3 is 2.62 bits per heavy atom. The van der Waals surface area contributed by atoms with Crippen LogP contribution in [0.4, 0.5) is 4.79 Å². The summed E-state index contributed by atoms with van der Waals surface area (Å²) in [7, 11) is 0. The second-order valence-electron chi connectivity index (χ2n) is 12.1. The maximum atomic E-state index is 12.8. The standard InChI is InChI=1S/C33H42N4O5/c1-21-15-27-24(20-41-31(27)16-22(21)2)19-40-30-6-4-5-29-28(30)17-32(35-29)42-33(39)34-25-7-11-36(12-8-25)18-23(3)37-13-9-26(38)10-14-37/h4-6,15-17,20,23,25-26,35,38H,7-14,18-19H2,1-3H3,(H,34,39)/t23-/m0/s1. The fourth-order valence-corrected chi connectivity index (χ4v) is 6.26. The molecule has 3 N–H and O–H groups in total. The lowest BCUT2D eigenvalue weighted by Crippen LogP contribution is -2.50. The van der Waals surface area contributed by atoms with Crippen LogP contribution in [0.25, 0.3) is 21.9 Å². The number of furan rings is 1. The minimum Gasteiger partial charge on any atom is -0.488 e. The van der Waals surface area contributed by atoms with Crippen LogP contribution in [0.1, 0.15) is 49.3 Å². The normalized spacial score (nSPS) is 18.5. The molecule has 2 aromatic carbocycles. The minimum atomic E-state index is -0.446. The number of likely N-dealkylation sites (tertiary alicyclic amines) is 2. The lowest BCUT2D eigenvalue weighted by Gasteiger charge is -2.39. The molecule has 224 valence electrons. The summed E-state index contributed by atoms with van der Waals surface area (Å²) in [4.78, 5) is 20.9.